The molecule has 2 unspecified atom stereocenters. The van der Waals surface area contributed by atoms with Gasteiger partial charge in [-0.15, -0.1) is 0 Å². The largest absolute Gasteiger partial charge is 0.393 e. The van der Waals surface area contributed by atoms with E-state index in [1.807, 2.05) is 19.1 Å². The molecular formula is C29H40O4S. The van der Waals surface area contributed by atoms with Gasteiger partial charge in [0.25, 0.3) is 10.1 Å². The summed E-state index contributed by atoms with van der Waals surface area (Å²) in [5.41, 5.74) is 4.49. The van der Waals surface area contributed by atoms with Gasteiger partial charge in [-0.1, -0.05) is 61.8 Å². The van der Waals surface area contributed by atoms with E-state index in [-0.39, 0.29) is 34.4 Å². The predicted molar refractivity (Wildman–Crippen MR) is 135 cm³/mol. The van der Waals surface area contributed by atoms with Crippen LogP contribution in [0.2, 0.25) is 0 Å². The highest BCUT2D eigenvalue weighted by molar-refractivity contribution is 7.86. The third kappa shape index (κ3) is 3.92. The van der Waals surface area contributed by atoms with Gasteiger partial charge in [-0.25, -0.2) is 0 Å². The molecule has 0 spiro atoms. The van der Waals surface area contributed by atoms with E-state index in [9.17, 15) is 13.5 Å². The number of fused-ring (bicyclic) bond motifs is 5. The van der Waals surface area contributed by atoms with Crippen molar-refractivity contribution < 1.29 is 17.7 Å². The molecule has 4 nitrogen and oxygen atoms in total. The smallest absolute Gasteiger partial charge is 0.296 e. The summed E-state index contributed by atoms with van der Waals surface area (Å²) in [7, 11) is -3.74. The van der Waals surface area contributed by atoms with E-state index in [1.54, 1.807) is 17.7 Å². The first kappa shape index (κ1) is 24.3. The molecule has 7 atom stereocenters. The van der Waals surface area contributed by atoms with Crippen LogP contribution in [0.3, 0.4) is 0 Å². The Morgan fingerprint density at radius 2 is 1.76 bits per heavy atom. The molecule has 4 aliphatic carbocycles. The Morgan fingerprint density at radius 1 is 1.03 bits per heavy atom. The third-order valence-electron chi connectivity index (χ3n) is 10.1. The van der Waals surface area contributed by atoms with Crippen molar-refractivity contribution in [2.75, 3.05) is 6.61 Å². The van der Waals surface area contributed by atoms with Gasteiger partial charge in [0.2, 0.25) is 0 Å². The molecule has 0 heterocycles. The number of allylic oxidation sites excluding steroid dienone is 3. The molecule has 186 valence electrons. The highest BCUT2D eigenvalue weighted by Gasteiger charge is 2.57. The molecule has 0 radical (unpaired) electrons. The summed E-state index contributed by atoms with van der Waals surface area (Å²) < 4.78 is 31.1. The van der Waals surface area contributed by atoms with Crippen molar-refractivity contribution in [2.24, 2.45) is 34.5 Å². The molecule has 0 aromatic heterocycles. The topological polar surface area (TPSA) is 63.6 Å². The maximum atomic E-state index is 12.8. The van der Waals surface area contributed by atoms with Crippen molar-refractivity contribution in [3.63, 3.8) is 0 Å². The van der Waals surface area contributed by atoms with Crippen LogP contribution in [0.5, 0.6) is 0 Å². The number of rotatable bonds is 5. The lowest BCUT2D eigenvalue weighted by Crippen LogP contribution is -2.46. The summed E-state index contributed by atoms with van der Waals surface area (Å²) in [6.45, 7) is 9.24. The molecule has 0 bridgehead atoms. The van der Waals surface area contributed by atoms with Gasteiger partial charge < -0.3 is 5.11 Å². The molecule has 0 amide bonds. The van der Waals surface area contributed by atoms with Crippen LogP contribution >= 0.6 is 0 Å². The fourth-order valence-electron chi connectivity index (χ4n) is 8.04. The minimum Gasteiger partial charge on any atom is -0.393 e. The standard InChI is InChI=1S/C29H40O4S/c1-19-5-8-23(9-6-19)34(31,32)33-18-20(2)25-11-12-26-24-10-7-21-17-22(30)13-15-28(21,3)27(24)14-16-29(25,26)4/h5-10,20,22,25-27,30H,11-18H2,1-4H3/t20-,22+,25-,26?,27?,28+,29-/m1/s1. The third-order valence-corrected chi connectivity index (χ3v) is 11.4. The van der Waals surface area contributed by atoms with Crippen LogP contribution in [0, 0.1) is 41.4 Å². The Labute approximate surface area is 205 Å². The molecule has 3 saturated carbocycles. The van der Waals surface area contributed by atoms with E-state index in [1.165, 1.54) is 24.8 Å². The lowest BCUT2D eigenvalue weighted by Gasteiger charge is -2.55. The van der Waals surface area contributed by atoms with Crippen molar-refractivity contribution in [1.82, 2.24) is 0 Å². The molecule has 5 rings (SSSR count). The summed E-state index contributed by atoms with van der Waals surface area (Å²) in [6, 6.07) is 6.88. The zero-order valence-electron chi connectivity index (χ0n) is 21.1. The van der Waals surface area contributed by atoms with Crippen molar-refractivity contribution >= 4 is 10.1 Å². The van der Waals surface area contributed by atoms with Crippen LogP contribution in [0.4, 0.5) is 0 Å². The molecule has 4 aliphatic rings. The lowest BCUT2D eigenvalue weighted by molar-refractivity contribution is 0.0272. The van der Waals surface area contributed by atoms with Gasteiger partial charge in [-0.3, -0.25) is 4.18 Å². The normalized spacial score (nSPS) is 38.3. The summed E-state index contributed by atoms with van der Waals surface area (Å²) in [4.78, 5) is 0.238. The average molecular weight is 485 g/mol. The molecular weight excluding hydrogens is 444 g/mol. The maximum absolute atomic E-state index is 12.8. The average Bonchev–Trinajstić information content (AvgIpc) is 3.15. The zero-order chi connectivity index (χ0) is 24.3. The van der Waals surface area contributed by atoms with E-state index < -0.39 is 10.1 Å². The molecule has 1 N–H and O–H groups in total. The van der Waals surface area contributed by atoms with Gasteiger partial charge in [-0.2, -0.15) is 8.42 Å². The quantitative estimate of drug-likeness (QED) is 0.506. The van der Waals surface area contributed by atoms with E-state index in [2.05, 4.69) is 32.9 Å². The number of aryl methyl sites for hydroxylation is 1. The highest BCUT2D eigenvalue weighted by atomic mass is 32.2. The Bertz CT molecular complexity index is 1100. The highest BCUT2D eigenvalue weighted by Crippen LogP contribution is 2.65. The van der Waals surface area contributed by atoms with E-state index in [0.717, 1.165) is 31.2 Å². The zero-order valence-corrected chi connectivity index (χ0v) is 21.9. The van der Waals surface area contributed by atoms with Crippen molar-refractivity contribution in [1.29, 1.82) is 0 Å². The number of hydrogen-bond acceptors (Lipinski definition) is 4. The van der Waals surface area contributed by atoms with Crippen LogP contribution in [0.25, 0.3) is 0 Å². The van der Waals surface area contributed by atoms with Crippen LogP contribution in [-0.4, -0.2) is 26.2 Å². The van der Waals surface area contributed by atoms with Gasteiger partial charge in [-0.05, 0) is 98.5 Å². The Hall–Kier alpha value is -1.43. The Balaban J connectivity index is 1.32. The summed E-state index contributed by atoms with van der Waals surface area (Å²) in [5, 5.41) is 10.2. The molecule has 0 aliphatic heterocycles. The van der Waals surface area contributed by atoms with Crippen molar-refractivity contribution in [3.05, 3.63) is 53.1 Å². The fraction of sp³-hybridized carbons (Fsp3) is 0.655. The van der Waals surface area contributed by atoms with E-state index in [0.29, 0.717) is 17.8 Å². The lowest BCUT2D eigenvalue weighted by atomic mass is 9.50. The monoisotopic (exact) mass is 484 g/mol. The van der Waals surface area contributed by atoms with Crippen LogP contribution in [-0.2, 0) is 14.3 Å². The first-order chi connectivity index (χ1) is 16.0. The molecule has 3 fully saturated rings. The maximum Gasteiger partial charge on any atom is 0.296 e. The van der Waals surface area contributed by atoms with Crippen LogP contribution in [0.1, 0.15) is 71.3 Å². The van der Waals surface area contributed by atoms with Crippen LogP contribution in [0.15, 0.2) is 52.5 Å². The second-order valence-electron chi connectivity index (χ2n) is 12.0. The van der Waals surface area contributed by atoms with Gasteiger partial charge in [0.1, 0.15) is 0 Å². The van der Waals surface area contributed by atoms with Gasteiger partial charge in [0.05, 0.1) is 17.6 Å². The van der Waals surface area contributed by atoms with Gasteiger partial charge >= 0.3 is 0 Å². The fourth-order valence-corrected chi connectivity index (χ4v) is 9.04. The summed E-state index contributed by atoms with van der Waals surface area (Å²) in [5.74, 6) is 1.79. The number of hydrogen-bond donors (Lipinski definition) is 1. The molecule has 5 heteroatoms. The molecule has 0 saturated heterocycles. The molecule has 34 heavy (non-hydrogen) atoms. The van der Waals surface area contributed by atoms with E-state index in [4.69, 9.17) is 4.18 Å². The Morgan fingerprint density at radius 3 is 2.50 bits per heavy atom. The minimum atomic E-state index is -3.74. The first-order valence-electron chi connectivity index (χ1n) is 13.1. The predicted octanol–water partition coefficient (Wildman–Crippen LogP) is 6.20. The number of aliphatic hydroxyl groups is 1. The summed E-state index contributed by atoms with van der Waals surface area (Å²) in [6.07, 6.45) is 12.0. The molecule has 1 aromatic rings. The second-order valence-corrected chi connectivity index (χ2v) is 13.7. The first-order valence-corrected chi connectivity index (χ1v) is 14.5. The number of benzene rings is 1. The van der Waals surface area contributed by atoms with E-state index >= 15 is 0 Å². The SMILES string of the molecule is Cc1ccc(S(=O)(=O)OC[C@@H](C)[C@H]2CCC3C4=CC=C5C[C@@H](O)CC[C@]5(C)C4CC[C@@]32C)cc1. The van der Waals surface area contributed by atoms with Gasteiger partial charge in [0, 0.05) is 0 Å². The van der Waals surface area contributed by atoms with Crippen molar-refractivity contribution in [2.45, 2.75) is 83.6 Å². The minimum absolute atomic E-state index is 0.183. The van der Waals surface area contributed by atoms with Crippen molar-refractivity contribution in [3.8, 4) is 0 Å². The van der Waals surface area contributed by atoms with Crippen LogP contribution < -0.4 is 0 Å². The number of aliphatic hydroxyl groups excluding tert-OH is 1. The summed E-state index contributed by atoms with van der Waals surface area (Å²) >= 11 is 0. The second kappa shape index (κ2) is 8.60. The Kier molecular flexibility index (Phi) is 6.14. The van der Waals surface area contributed by atoms with Gasteiger partial charge in [0.15, 0.2) is 0 Å². The molecule has 1 aromatic carbocycles.